The molecular weight excluding hydrogens is 728 g/mol. The zero-order valence-electron chi connectivity index (χ0n) is 34.0. The summed E-state index contributed by atoms with van der Waals surface area (Å²) in [5.41, 5.74) is -0.0759. The lowest BCUT2D eigenvalue weighted by Gasteiger charge is -2.64. The van der Waals surface area contributed by atoms with Crippen molar-refractivity contribution in [2.45, 2.75) is 179 Å². The largest absolute Gasteiger partial charge is 0.394 e. The van der Waals surface area contributed by atoms with Crippen molar-refractivity contribution in [3.05, 3.63) is 11.6 Å². The third kappa shape index (κ3) is 6.34. The molecule has 5 saturated carbocycles. The minimum atomic E-state index is -1.61. The van der Waals surface area contributed by atoms with Gasteiger partial charge >= 0.3 is 0 Å². The molecule has 2 heterocycles. The highest BCUT2D eigenvalue weighted by Gasteiger charge is 2.83. The SMILES string of the molecule is CC(C)=CC[C@H](O)[C@H](C)[C@H]1[C@@H](O)C[C@@]2(C)[C@H]3CC[C@H]4[C@](C)(CO[C@@H]5O[C@H](CO)[C@@H](O)[C@H](O)[C@H]5O)[C@@H](O[C@@H]5O[C@H](CO)[C@@H](O)[C@H](O)[C@H]5O)CC[C@@]45C[C@@]35CC[C@]12C. The molecule has 0 aromatic rings. The van der Waals surface area contributed by atoms with Gasteiger partial charge in [-0.2, -0.15) is 0 Å². The van der Waals surface area contributed by atoms with Gasteiger partial charge in [0.1, 0.15) is 48.8 Å². The van der Waals surface area contributed by atoms with Crippen LogP contribution < -0.4 is 0 Å². The van der Waals surface area contributed by atoms with Gasteiger partial charge in [-0.05, 0) is 117 Å². The predicted molar refractivity (Wildman–Crippen MR) is 200 cm³/mol. The highest BCUT2D eigenvalue weighted by molar-refractivity contribution is 5.31. The molecule has 0 bridgehead atoms. The Bertz CT molecular complexity index is 1440. The van der Waals surface area contributed by atoms with E-state index in [-0.39, 0.29) is 46.0 Å². The van der Waals surface area contributed by atoms with Gasteiger partial charge in [0.15, 0.2) is 12.6 Å². The zero-order valence-corrected chi connectivity index (χ0v) is 34.0. The molecule has 2 saturated heterocycles. The fourth-order valence-electron chi connectivity index (χ4n) is 14.2. The molecule has 0 radical (unpaired) electrons. The van der Waals surface area contributed by atoms with Crippen LogP contribution in [0.3, 0.4) is 0 Å². The third-order valence-electron chi connectivity index (χ3n) is 17.4. The maximum Gasteiger partial charge on any atom is 0.186 e. The van der Waals surface area contributed by atoms with Gasteiger partial charge in [0.05, 0.1) is 38.1 Å². The maximum absolute atomic E-state index is 11.9. The van der Waals surface area contributed by atoms with Crippen LogP contribution in [0.5, 0.6) is 0 Å². The van der Waals surface area contributed by atoms with Crippen LogP contribution in [0.25, 0.3) is 0 Å². The van der Waals surface area contributed by atoms with E-state index >= 15 is 0 Å². The lowest BCUT2D eigenvalue weighted by atomic mass is 9.41. The molecule has 0 aromatic heterocycles. The third-order valence-corrected chi connectivity index (χ3v) is 17.4. The van der Waals surface area contributed by atoms with Crippen LogP contribution in [-0.4, -0.2) is 151 Å². The average Bonchev–Trinajstić information content (AvgIpc) is 3.77. The van der Waals surface area contributed by atoms with E-state index in [2.05, 4.69) is 33.8 Å². The molecule has 0 amide bonds. The molecule has 22 atom stereocenters. The van der Waals surface area contributed by atoms with Gasteiger partial charge in [0.2, 0.25) is 0 Å². The minimum Gasteiger partial charge on any atom is -0.394 e. The summed E-state index contributed by atoms with van der Waals surface area (Å²) in [5.74, 6) is 0.242. The second kappa shape index (κ2) is 15.3. The van der Waals surface area contributed by atoms with Gasteiger partial charge < -0.3 is 70.0 Å². The van der Waals surface area contributed by atoms with Gasteiger partial charge in [-0.15, -0.1) is 0 Å². The van der Waals surface area contributed by atoms with Crippen molar-refractivity contribution in [1.29, 1.82) is 0 Å². The summed E-state index contributed by atoms with van der Waals surface area (Å²) in [6.45, 7) is 11.8. The van der Waals surface area contributed by atoms with Crippen LogP contribution in [0.15, 0.2) is 11.6 Å². The molecule has 10 N–H and O–H groups in total. The van der Waals surface area contributed by atoms with Crippen LogP contribution in [0.1, 0.15) is 99.3 Å². The minimum absolute atomic E-state index is 0.00120. The highest BCUT2D eigenvalue weighted by atomic mass is 16.7. The van der Waals surface area contributed by atoms with E-state index in [9.17, 15) is 51.1 Å². The van der Waals surface area contributed by atoms with E-state index < -0.39 is 98.4 Å². The molecule has 322 valence electrons. The molecular formula is C42H70O14. The molecule has 56 heavy (non-hydrogen) atoms. The number of aliphatic hydroxyl groups is 10. The van der Waals surface area contributed by atoms with E-state index in [1.54, 1.807) is 0 Å². The van der Waals surface area contributed by atoms with E-state index in [1.807, 2.05) is 13.8 Å². The van der Waals surface area contributed by atoms with Crippen LogP contribution in [0.4, 0.5) is 0 Å². The Hall–Kier alpha value is -0.820. The highest BCUT2D eigenvalue weighted by Crippen LogP contribution is 2.89. The number of aliphatic hydroxyl groups excluding tert-OH is 10. The molecule has 0 unspecified atom stereocenters. The van der Waals surface area contributed by atoms with Crippen LogP contribution in [0.2, 0.25) is 0 Å². The van der Waals surface area contributed by atoms with Crippen molar-refractivity contribution >= 4 is 0 Å². The van der Waals surface area contributed by atoms with Gasteiger partial charge in [0, 0.05) is 5.41 Å². The normalized spacial score (nSPS) is 54.9. The molecule has 14 nitrogen and oxygen atoms in total. The fourth-order valence-corrected chi connectivity index (χ4v) is 14.2. The predicted octanol–water partition coefficient (Wildman–Crippen LogP) is 0.731. The van der Waals surface area contributed by atoms with Gasteiger partial charge in [0.25, 0.3) is 0 Å². The van der Waals surface area contributed by atoms with Crippen molar-refractivity contribution < 1.29 is 70.0 Å². The average molecular weight is 799 g/mol. The van der Waals surface area contributed by atoms with Crippen molar-refractivity contribution in [3.63, 3.8) is 0 Å². The van der Waals surface area contributed by atoms with Crippen molar-refractivity contribution in [1.82, 2.24) is 0 Å². The molecule has 7 fully saturated rings. The topological polar surface area (TPSA) is 239 Å². The van der Waals surface area contributed by atoms with Crippen molar-refractivity contribution in [2.24, 2.45) is 50.7 Å². The number of fused-ring (bicyclic) bond motifs is 2. The molecule has 2 spiro atoms. The molecule has 2 aliphatic heterocycles. The number of ether oxygens (including phenoxy) is 4. The first-order chi connectivity index (χ1) is 26.3. The van der Waals surface area contributed by atoms with Crippen LogP contribution >= 0.6 is 0 Å². The number of hydrogen-bond donors (Lipinski definition) is 10. The summed E-state index contributed by atoms with van der Waals surface area (Å²) in [6, 6.07) is 0. The summed E-state index contributed by atoms with van der Waals surface area (Å²) in [6.07, 6.45) is -6.88. The summed E-state index contributed by atoms with van der Waals surface area (Å²) in [4.78, 5) is 0. The van der Waals surface area contributed by atoms with Gasteiger partial charge in [-0.3, -0.25) is 0 Å². The second-order valence-corrected chi connectivity index (χ2v) is 20.1. The molecule has 0 aromatic carbocycles. The Morgan fingerprint density at radius 2 is 1.30 bits per heavy atom. The Balaban J connectivity index is 1.18. The summed E-state index contributed by atoms with van der Waals surface area (Å²) < 4.78 is 24.5. The van der Waals surface area contributed by atoms with E-state index in [1.165, 1.54) is 0 Å². The summed E-state index contributed by atoms with van der Waals surface area (Å²) in [5, 5.41) is 107. The standard InChI is InChI=1S/C42H70O14/c1-20(2)7-8-22(45)21(3)29-23(46)15-40(6)27-10-9-26-38(4,19-53-36-34(51)32(49)30(47)24(16-43)54-36)28(56-37-35(52)33(50)31(48)25(17-44)55-37)11-12-41(26)18-42(27,41)14-13-39(29,40)5/h7,21-37,43-52H,8-19H2,1-6H3/t21-,22-,23-,24+,25+,26-,27+,28-,29-,30+,31+,32-,33-,34+,35+,36+,37-,38-,39+,40-,41+,42-/m0/s1. The fraction of sp³-hybridized carbons (Fsp3) is 0.952. The monoisotopic (exact) mass is 798 g/mol. The molecule has 14 heteroatoms. The van der Waals surface area contributed by atoms with E-state index in [0.29, 0.717) is 25.2 Å². The second-order valence-electron chi connectivity index (χ2n) is 20.1. The first-order valence-corrected chi connectivity index (χ1v) is 21.1. The first-order valence-electron chi connectivity index (χ1n) is 21.1. The zero-order chi connectivity index (χ0) is 40.9. The van der Waals surface area contributed by atoms with Crippen molar-refractivity contribution in [3.8, 4) is 0 Å². The lowest BCUT2D eigenvalue weighted by molar-refractivity contribution is -0.340. The molecule has 7 aliphatic rings. The Kier molecular flexibility index (Phi) is 11.8. The van der Waals surface area contributed by atoms with Crippen LogP contribution in [0, 0.1) is 50.7 Å². The quantitative estimate of drug-likeness (QED) is 0.103. The van der Waals surface area contributed by atoms with Crippen LogP contribution in [-0.2, 0) is 18.9 Å². The first kappa shape index (κ1) is 43.3. The Morgan fingerprint density at radius 1 is 0.732 bits per heavy atom. The molecule has 7 rings (SSSR count). The van der Waals surface area contributed by atoms with Gasteiger partial charge in [-0.1, -0.05) is 39.3 Å². The Morgan fingerprint density at radius 3 is 1.91 bits per heavy atom. The maximum atomic E-state index is 11.9. The lowest BCUT2D eigenvalue weighted by Crippen LogP contribution is -2.63. The summed E-state index contributed by atoms with van der Waals surface area (Å²) in [7, 11) is 0. The number of hydrogen-bond acceptors (Lipinski definition) is 14. The Labute approximate surface area is 330 Å². The molecule has 5 aliphatic carbocycles. The number of rotatable bonds is 11. The van der Waals surface area contributed by atoms with E-state index in [0.717, 1.165) is 44.1 Å². The summed E-state index contributed by atoms with van der Waals surface area (Å²) >= 11 is 0. The van der Waals surface area contributed by atoms with E-state index in [4.69, 9.17) is 18.9 Å². The van der Waals surface area contributed by atoms with Gasteiger partial charge in [-0.25, -0.2) is 0 Å². The van der Waals surface area contributed by atoms with Crippen molar-refractivity contribution in [2.75, 3.05) is 19.8 Å². The number of allylic oxidation sites excluding steroid dienone is 1. The smallest absolute Gasteiger partial charge is 0.186 e.